The van der Waals surface area contributed by atoms with Crippen LogP contribution in [-0.4, -0.2) is 58.1 Å². The zero-order valence-electron chi connectivity index (χ0n) is 13.4. The Morgan fingerprint density at radius 3 is 2.64 bits per heavy atom. The van der Waals surface area contributed by atoms with Crippen molar-refractivity contribution in [3.8, 4) is 5.75 Å². The molecule has 1 atom stereocenters. The van der Waals surface area contributed by atoms with Gasteiger partial charge in [0.2, 0.25) is 5.91 Å². The minimum absolute atomic E-state index is 0.0271. The molecule has 0 aliphatic rings. The summed E-state index contributed by atoms with van der Waals surface area (Å²) in [4.78, 5) is 25.7. The fourth-order valence-corrected chi connectivity index (χ4v) is 2.35. The number of nitrogens with one attached hydrogen (secondary N) is 2. The third-order valence-electron chi connectivity index (χ3n) is 3.13. The number of quaternary nitrogens is 1. The number of benzene rings is 1. The van der Waals surface area contributed by atoms with Crippen LogP contribution in [0.2, 0.25) is 0 Å². The minimum Gasteiger partial charge on any atom is -0.496 e. The number of likely N-dealkylation sites (N-methyl/N-ethyl adjacent to an activating group) is 2. The maximum atomic E-state index is 11.8. The van der Waals surface area contributed by atoms with E-state index in [9.17, 15) is 9.59 Å². The number of amides is 2. The summed E-state index contributed by atoms with van der Waals surface area (Å²) in [6, 6.07) is 5.79. The third kappa shape index (κ3) is 6.03. The predicted octanol–water partition coefficient (Wildman–Crippen LogP) is -0.323. The van der Waals surface area contributed by atoms with Gasteiger partial charge < -0.3 is 19.9 Å². The number of hydrogen-bond donors (Lipinski definition) is 2. The summed E-state index contributed by atoms with van der Waals surface area (Å²) in [7, 11) is 6.87. The van der Waals surface area contributed by atoms with Crippen molar-refractivity contribution < 1.29 is 19.2 Å². The van der Waals surface area contributed by atoms with Crippen LogP contribution in [0.1, 0.15) is 5.56 Å². The highest BCUT2D eigenvalue weighted by molar-refractivity contribution is 9.10. The first-order chi connectivity index (χ1) is 10.3. The van der Waals surface area contributed by atoms with E-state index in [0.29, 0.717) is 6.54 Å². The highest BCUT2D eigenvalue weighted by atomic mass is 79.9. The van der Waals surface area contributed by atoms with Gasteiger partial charge in [-0.25, -0.2) is 0 Å². The Morgan fingerprint density at radius 1 is 1.36 bits per heavy atom. The summed E-state index contributed by atoms with van der Waals surface area (Å²) in [5.74, 6) is 0.520. The Kier molecular flexibility index (Phi) is 7.34. The molecule has 0 aliphatic heterocycles. The van der Waals surface area contributed by atoms with Crippen LogP contribution < -0.4 is 15.0 Å². The summed E-state index contributed by atoms with van der Waals surface area (Å²) in [6.07, 6.45) is 0. The smallest absolute Gasteiger partial charge is 0.275 e. The highest BCUT2D eigenvalue weighted by Gasteiger charge is 2.14. The van der Waals surface area contributed by atoms with Gasteiger partial charge in [-0.1, -0.05) is 15.9 Å². The molecule has 1 rings (SSSR count). The molecule has 6 nitrogen and oxygen atoms in total. The van der Waals surface area contributed by atoms with Crippen molar-refractivity contribution in [3.05, 3.63) is 28.2 Å². The van der Waals surface area contributed by atoms with E-state index in [1.54, 1.807) is 21.2 Å². The summed E-state index contributed by atoms with van der Waals surface area (Å²) in [6.45, 7) is 0.966. The Morgan fingerprint density at radius 2 is 2.05 bits per heavy atom. The standard InChI is InChI=1S/C15H22BrN3O3/c1-18(2)15(21)8-17-14(20)10-19(3)9-11-7-12(16)5-6-13(11)22-4/h5-7H,8-10H2,1-4H3,(H,17,20)/p+1. The first-order valence-electron chi connectivity index (χ1n) is 6.94. The lowest BCUT2D eigenvalue weighted by atomic mass is 10.2. The predicted molar refractivity (Wildman–Crippen MR) is 87.9 cm³/mol. The van der Waals surface area contributed by atoms with Gasteiger partial charge in [-0.2, -0.15) is 0 Å². The quantitative estimate of drug-likeness (QED) is 0.689. The molecule has 0 spiro atoms. The average Bonchev–Trinajstić information content (AvgIpc) is 2.44. The molecule has 122 valence electrons. The van der Waals surface area contributed by atoms with E-state index in [1.165, 1.54) is 4.90 Å². The van der Waals surface area contributed by atoms with Gasteiger partial charge in [0.1, 0.15) is 12.3 Å². The van der Waals surface area contributed by atoms with Crippen molar-refractivity contribution in [2.75, 3.05) is 41.3 Å². The van der Waals surface area contributed by atoms with Crippen molar-refractivity contribution >= 4 is 27.7 Å². The number of rotatable bonds is 7. The van der Waals surface area contributed by atoms with Gasteiger partial charge >= 0.3 is 0 Å². The lowest BCUT2D eigenvalue weighted by molar-refractivity contribution is -0.885. The highest BCUT2D eigenvalue weighted by Crippen LogP contribution is 2.21. The monoisotopic (exact) mass is 372 g/mol. The SMILES string of the molecule is COc1ccc(Br)cc1C[NH+](C)CC(=O)NCC(=O)N(C)C. The van der Waals surface area contributed by atoms with Crippen molar-refractivity contribution in [1.82, 2.24) is 10.2 Å². The van der Waals surface area contributed by atoms with Crippen molar-refractivity contribution in [2.24, 2.45) is 0 Å². The maximum Gasteiger partial charge on any atom is 0.275 e. The molecule has 0 saturated heterocycles. The summed E-state index contributed by atoms with van der Waals surface area (Å²) in [5.41, 5.74) is 1.02. The van der Waals surface area contributed by atoms with Gasteiger partial charge in [0.15, 0.2) is 6.54 Å². The van der Waals surface area contributed by atoms with Gasteiger partial charge in [-0.05, 0) is 18.2 Å². The average molecular weight is 373 g/mol. The molecule has 22 heavy (non-hydrogen) atoms. The molecule has 1 unspecified atom stereocenters. The van der Waals surface area contributed by atoms with Gasteiger partial charge in [0.05, 0.1) is 20.7 Å². The number of carbonyl (C=O) groups is 2. The van der Waals surface area contributed by atoms with E-state index in [4.69, 9.17) is 4.74 Å². The van der Waals surface area contributed by atoms with E-state index in [-0.39, 0.29) is 24.9 Å². The number of halogens is 1. The molecular weight excluding hydrogens is 350 g/mol. The molecule has 7 heteroatoms. The van der Waals surface area contributed by atoms with Crippen LogP contribution in [0.4, 0.5) is 0 Å². The molecule has 2 N–H and O–H groups in total. The first kappa shape index (κ1) is 18.4. The Hall–Kier alpha value is -1.60. The van der Waals surface area contributed by atoms with E-state index in [1.807, 2.05) is 25.2 Å². The first-order valence-corrected chi connectivity index (χ1v) is 7.73. The number of ether oxygens (including phenoxy) is 1. The molecule has 0 bridgehead atoms. The third-order valence-corrected chi connectivity index (χ3v) is 3.63. The van der Waals surface area contributed by atoms with Crippen LogP contribution in [0.3, 0.4) is 0 Å². The van der Waals surface area contributed by atoms with E-state index in [2.05, 4.69) is 21.2 Å². The molecule has 0 saturated carbocycles. The lowest BCUT2D eigenvalue weighted by Gasteiger charge is -2.16. The molecular formula is C15H23BrN3O3+. The molecule has 1 aromatic rings. The largest absolute Gasteiger partial charge is 0.496 e. The molecule has 0 radical (unpaired) electrons. The topological polar surface area (TPSA) is 63.1 Å². The van der Waals surface area contributed by atoms with E-state index < -0.39 is 0 Å². The van der Waals surface area contributed by atoms with Crippen molar-refractivity contribution in [3.63, 3.8) is 0 Å². The zero-order chi connectivity index (χ0) is 16.7. The van der Waals surface area contributed by atoms with Crippen LogP contribution >= 0.6 is 15.9 Å². The Labute approximate surface area is 139 Å². The van der Waals surface area contributed by atoms with E-state index >= 15 is 0 Å². The van der Waals surface area contributed by atoms with Gasteiger partial charge in [0, 0.05) is 24.1 Å². The molecule has 0 aliphatic carbocycles. The fraction of sp³-hybridized carbons (Fsp3) is 0.467. The van der Waals surface area contributed by atoms with Crippen LogP contribution in [-0.2, 0) is 16.1 Å². The second-order valence-corrected chi connectivity index (χ2v) is 6.25. The van der Waals surface area contributed by atoms with Crippen LogP contribution in [0.5, 0.6) is 5.75 Å². The minimum atomic E-state index is -0.151. The normalized spacial score (nSPS) is 11.7. The number of carbonyl (C=O) groups excluding carboxylic acids is 2. The van der Waals surface area contributed by atoms with Crippen LogP contribution in [0.25, 0.3) is 0 Å². The Balaban J connectivity index is 2.52. The summed E-state index contributed by atoms with van der Waals surface area (Å²) in [5, 5.41) is 2.63. The molecule has 0 aromatic heterocycles. The van der Waals surface area contributed by atoms with Gasteiger partial charge in [0.25, 0.3) is 5.91 Å². The van der Waals surface area contributed by atoms with Crippen LogP contribution in [0.15, 0.2) is 22.7 Å². The molecule has 1 aromatic carbocycles. The molecule has 2 amide bonds. The van der Waals surface area contributed by atoms with Gasteiger partial charge in [-0.3, -0.25) is 9.59 Å². The summed E-state index contributed by atoms with van der Waals surface area (Å²) < 4.78 is 6.30. The lowest BCUT2D eigenvalue weighted by Crippen LogP contribution is -3.08. The van der Waals surface area contributed by atoms with E-state index in [0.717, 1.165) is 20.7 Å². The molecule has 0 fully saturated rings. The van der Waals surface area contributed by atoms with Gasteiger partial charge in [-0.15, -0.1) is 0 Å². The van der Waals surface area contributed by atoms with Crippen molar-refractivity contribution in [2.45, 2.75) is 6.54 Å². The molecule has 0 heterocycles. The number of hydrogen-bond acceptors (Lipinski definition) is 3. The second-order valence-electron chi connectivity index (χ2n) is 5.33. The van der Waals surface area contributed by atoms with Crippen molar-refractivity contribution in [1.29, 1.82) is 0 Å². The Bertz CT molecular complexity index is 535. The maximum absolute atomic E-state index is 11.8. The fourth-order valence-electron chi connectivity index (χ4n) is 1.94. The number of methoxy groups -OCH3 is 1. The summed E-state index contributed by atoms with van der Waals surface area (Å²) >= 11 is 3.43. The number of nitrogens with zero attached hydrogens (tertiary/aromatic N) is 1. The van der Waals surface area contributed by atoms with Crippen LogP contribution in [0, 0.1) is 0 Å². The zero-order valence-corrected chi connectivity index (χ0v) is 15.0. The second kappa shape index (κ2) is 8.75.